The molecule has 4 amide bonds. The predicted molar refractivity (Wildman–Crippen MR) is 113 cm³/mol. The highest BCUT2D eigenvalue weighted by atomic mass is 16.4. The van der Waals surface area contributed by atoms with E-state index >= 15 is 0 Å². The van der Waals surface area contributed by atoms with Gasteiger partial charge >= 0.3 is 11.9 Å². The summed E-state index contributed by atoms with van der Waals surface area (Å²) in [5.41, 5.74) is -0.822. The van der Waals surface area contributed by atoms with Crippen LogP contribution in [0.2, 0.25) is 0 Å². The van der Waals surface area contributed by atoms with Gasteiger partial charge in [0.1, 0.15) is 0 Å². The lowest BCUT2D eigenvalue weighted by Crippen LogP contribution is -2.39. The van der Waals surface area contributed by atoms with Crippen LogP contribution >= 0.6 is 0 Å². The molecule has 12 heteroatoms. The highest BCUT2D eigenvalue weighted by Crippen LogP contribution is 2.13. The lowest BCUT2D eigenvalue weighted by Gasteiger charge is -2.12. The van der Waals surface area contributed by atoms with Crippen LogP contribution in [0.15, 0.2) is 11.1 Å². The van der Waals surface area contributed by atoms with Gasteiger partial charge in [-0.25, -0.2) is 9.59 Å². The summed E-state index contributed by atoms with van der Waals surface area (Å²) < 4.78 is 0. The number of carboxylic acids is 2. The minimum absolute atomic E-state index is 0.150. The van der Waals surface area contributed by atoms with Crippen molar-refractivity contribution in [2.24, 2.45) is 11.8 Å². The molecule has 0 aliphatic heterocycles. The molecule has 0 saturated carbocycles. The average molecular weight is 456 g/mol. The molecule has 0 aromatic carbocycles. The van der Waals surface area contributed by atoms with E-state index in [1.807, 2.05) is 0 Å². The summed E-state index contributed by atoms with van der Waals surface area (Å²) in [6.07, 6.45) is -0.529. The molecule has 0 radical (unpaired) electrons. The van der Waals surface area contributed by atoms with Crippen LogP contribution < -0.4 is 21.3 Å². The topological polar surface area (TPSA) is 191 Å². The fraction of sp³-hybridized carbons (Fsp3) is 0.600. The Kier molecular flexibility index (Phi) is 13.0. The Morgan fingerprint density at radius 2 is 0.906 bits per heavy atom. The first-order valence-electron chi connectivity index (χ1n) is 10.1. The van der Waals surface area contributed by atoms with Crippen molar-refractivity contribution in [2.75, 3.05) is 26.2 Å². The second-order valence-corrected chi connectivity index (χ2v) is 7.51. The van der Waals surface area contributed by atoms with E-state index < -0.39 is 34.9 Å². The van der Waals surface area contributed by atoms with Gasteiger partial charge < -0.3 is 31.5 Å². The van der Waals surface area contributed by atoms with Crippen LogP contribution in [0.1, 0.15) is 40.5 Å². The summed E-state index contributed by atoms with van der Waals surface area (Å²) in [7, 11) is 0. The first kappa shape index (κ1) is 28.6. The fourth-order valence-corrected chi connectivity index (χ4v) is 2.30. The Morgan fingerprint density at radius 3 is 1.16 bits per heavy atom. The number of hydrogen-bond donors (Lipinski definition) is 6. The number of nitrogens with one attached hydrogen (secondary N) is 4. The molecule has 180 valence electrons. The summed E-state index contributed by atoms with van der Waals surface area (Å²) >= 11 is 0. The SMILES string of the molecule is CC(C)C(=O)NCC(=O)NCC/C(C(=O)O)=C(/CCNC(=O)CNC(=O)C(C)C)C(=O)O. The second kappa shape index (κ2) is 14.5. The van der Waals surface area contributed by atoms with Gasteiger partial charge in [0.05, 0.1) is 13.1 Å². The molecule has 32 heavy (non-hydrogen) atoms. The molecule has 0 aliphatic carbocycles. The summed E-state index contributed by atoms with van der Waals surface area (Å²) in [4.78, 5) is 69.4. The molecule has 6 N–H and O–H groups in total. The minimum Gasteiger partial charge on any atom is -0.478 e. The molecule has 0 aromatic heterocycles. The van der Waals surface area contributed by atoms with Crippen molar-refractivity contribution in [2.45, 2.75) is 40.5 Å². The van der Waals surface area contributed by atoms with E-state index in [1.165, 1.54) is 0 Å². The Bertz CT molecular complexity index is 697. The molecule has 0 bridgehead atoms. The zero-order valence-electron chi connectivity index (χ0n) is 18.7. The van der Waals surface area contributed by atoms with Gasteiger partial charge in [-0.15, -0.1) is 0 Å². The largest absolute Gasteiger partial charge is 0.478 e. The maximum atomic E-state index is 11.7. The zero-order valence-corrected chi connectivity index (χ0v) is 18.7. The molecular weight excluding hydrogens is 424 g/mol. The van der Waals surface area contributed by atoms with E-state index in [-0.39, 0.29) is 62.7 Å². The molecule has 0 heterocycles. The molecule has 0 rings (SSSR count). The molecular formula is C20H32N4O8. The number of carbonyl (C=O) groups excluding carboxylic acids is 4. The van der Waals surface area contributed by atoms with Gasteiger partial charge in [0.2, 0.25) is 23.6 Å². The van der Waals surface area contributed by atoms with Gasteiger partial charge in [-0.3, -0.25) is 19.2 Å². The summed E-state index contributed by atoms with van der Waals surface area (Å²) in [5, 5.41) is 28.4. The molecule has 0 unspecified atom stereocenters. The monoisotopic (exact) mass is 456 g/mol. The van der Waals surface area contributed by atoms with E-state index in [0.29, 0.717) is 0 Å². The number of hydrogen-bond acceptors (Lipinski definition) is 6. The minimum atomic E-state index is -1.46. The Morgan fingerprint density at radius 1 is 0.594 bits per heavy atom. The molecule has 0 aromatic rings. The third-order valence-corrected chi connectivity index (χ3v) is 4.17. The number of carboxylic acid groups (broad SMARTS) is 2. The second-order valence-electron chi connectivity index (χ2n) is 7.51. The highest BCUT2D eigenvalue weighted by molar-refractivity contribution is 5.99. The van der Waals surface area contributed by atoms with E-state index in [0.717, 1.165) is 0 Å². The van der Waals surface area contributed by atoms with Crippen molar-refractivity contribution >= 4 is 35.6 Å². The molecule has 0 aliphatic rings. The van der Waals surface area contributed by atoms with E-state index in [2.05, 4.69) is 21.3 Å². The van der Waals surface area contributed by atoms with Crippen molar-refractivity contribution in [3.8, 4) is 0 Å². The molecule has 0 fully saturated rings. The lowest BCUT2D eigenvalue weighted by molar-refractivity contribution is -0.136. The van der Waals surface area contributed by atoms with Gasteiger partial charge in [0, 0.05) is 36.1 Å². The first-order chi connectivity index (χ1) is 14.9. The average Bonchev–Trinajstić information content (AvgIpc) is 2.70. The molecule has 0 atom stereocenters. The van der Waals surface area contributed by atoms with Crippen molar-refractivity contribution in [3.05, 3.63) is 11.1 Å². The van der Waals surface area contributed by atoms with Gasteiger partial charge in [-0.2, -0.15) is 0 Å². The lowest BCUT2D eigenvalue weighted by atomic mass is 10.0. The van der Waals surface area contributed by atoms with Gasteiger partial charge in [0.25, 0.3) is 0 Å². The van der Waals surface area contributed by atoms with Crippen LogP contribution in [0, 0.1) is 11.8 Å². The number of amides is 4. The van der Waals surface area contributed by atoms with Gasteiger partial charge in [-0.05, 0) is 12.8 Å². The predicted octanol–water partition coefficient (Wildman–Crippen LogP) is -0.991. The normalized spacial score (nSPS) is 11.4. The van der Waals surface area contributed by atoms with Crippen LogP contribution in [0.5, 0.6) is 0 Å². The van der Waals surface area contributed by atoms with Crippen LogP contribution in [-0.2, 0) is 28.8 Å². The maximum absolute atomic E-state index is 11.7. The van der Waals surface area contributed by atoms with Crippen LogP contribution in [0.25, 0.3) is 0 Å². The third kappa shape index (κ3) is 11.7. The quantitative estimate of drug-likeness (QED) is 0.179. The number of aliphatic carboxylic acids is 2. The Hall–Kier alpha value is -3.44. The number of rotatable bonds is 14. The standard InChI is InChI=1S/C20H32N4O8/c1-11(2)17(27)23-9-15(25)21-7-5-13(19(29)30)14(20(31)32)6-8-22-16(26)10-24-18(28)12(3)4/h11-12H,5-10H2,1-4H3,(H,21,25)(H,22,26)(H,23,27)(H,24,28)(H,29,30)(H,31,32)/b14-13+. The van der Waals surface area contributed by atoms with Crippen LogP contribution in [0.3, 0.4) is 0 Å². The fourth-order valence-electron chi connectivity index (χ4n) is 2.30. The van der Waals surface area contributed by atoms with Crippen molar-refractivity contribution in [1.29, 1.82) is 0 Å². The first-order valence-corrected chi connectivity index (χ1v) is 10.1. The summed E-state index contributed by atoms with van der Waals surface area (Å²) in [6.45, 7) is 5.78. The van der Waals surface area contributed by atoms with E-state index in [4.69, 9.17) is 0 Å². The van der Waals surface area contributed by atoms with E-state index in [9.17, 15) is 39.0 Å². The van der Waals surface area contributed by atoms with Gasteiger partial charge in [0.15, 0.2) is 0 Å². The molecule has 12 nitrogen and oxygen atoms in total. The third-order valence-electron chi connectivity index (χ3n) is 4.17. The molecule has 0 saturated heterocycles. The molecule has 0 spiro atoms. The summed E-state index contributed by atoms with van der Waals surface area (Å²) in [6, 6.07) is 0. The van der Waals surface area contributed by atoms with Crippen molar-refractivity contribution in [1.82, 2.24) is 21.3 Å². The van der Waals surface area contributed by atoms with Gasteiger partial charge in [-0.1, -0.05) is 27.7 Å². The zero-order chi connectivity index (χ0) is 24.8. The van der Waals surface area contributed by atoms with Crippen LogP contribution in [-0.4, -0.2) is 72.0 Å². The maximum Gasteiger partial charge on any atom is 0.332 e. The van der Waals surface area contributed by atoms with Crippen molar-refractivity contribution < 1.29 is 39.0 Å². The van der Waals surface area contributed by atoms with Crippen LogP contribution in [0.4, 0.5) is 0 Å². The smallest absolute Gasteiger partial charge is 0.332 e. The van der Waals surface area contributed by atoms with Crippen molar-refractivity contribution in [3.63, 3.8) is 0 Å². The highest BCUT2D eigenvalue weighted by Gasteiger charge is 2.20. The Labute approximate surface area is 186 Å². The number of carbonyl (C=O) groups is 6. The summed E-state index contributed by atoms with van der Waals surface area (Å²) in [5.74, 6) is -5.23. The Balaban J connectivity index is 4.79. The van der Waals surface area contributed by atoms with E-state index in [1.54, 1.807) is 27.7 Å².